The van der Waals surface area contributed by atoms with Gasteiger partial charge in [-0.3, -0.25) is 0 Å². The van der Waals surface area contributed by atoms with Crippen LogP contribution in [0.4, 0.5) is 4.39 Å². The number of rotatable bonds is 1. The third-order valence-electron chi connectivity index (χ3n) is 2.95. The number of hydrogen-bond acceptors (Lipinski definition) is 4. The van der Waals surface area contributed by atoms with Crippen molar-refractivity contribution < 1.29 is 4.39 Å². The summed E-state index contributed by atoms with van der Waals surface area (Å²) in [4.78, 5) is 0. The van der Waals surface area contributed by atoms with Crippen LogP contribution in [0.15, 0.2) is 12.1 Å². The van der Waals surface area contributed by atoms with Crippen molar-refractivity contribution in [3.8, 4) is 6.07 Å². The first-order valence-electron chi connectivity index (χ1n) is 5.32. The number of fused-ring (bicyclic) bond motifs is 1. The molecule has 1 aliphatic heterocycles. The summed E-state index contributed by atoms with van der Waals surface area (Å²) < 4.78 is 15.3. The highest BCUT2D eigenvalue weighted by molar-refractivity contribution is 7.99. The maximum atomic E-state index is 13.6. The van der Waals surface area contributed by atoms with Gasteiger partial charge < -0.3 is 0 Å². The molecule has 1 saturated heterocycles. The van der Waals surface area contributed by atoms with Gasteiger partial charge in [0.1, 0.15) is 28.5 Å². The minimum absolute atomic E-state index is 0.0457. The number of benzene rings is 1. The summed E-state index contributed by atoms with van der Waals surface area (Å²) in [6.07, 6.45) is 0.991. The standard InChI is InChI=1S/C11H9FN4S/c12-9-1-2-10-11(8(9)5-13)16(15-14-10)7-3-4-17-6-7/h1-2,7H,3-4,6H2. The molecule has 0 spiro atoms. The minimum Gasteiger partial charge on any atom is -0.239 e. The Morgan fingerprint density at radius 3 is 3.12 bits per heavy atom. The molecule has 0 N–H and O–H groups in total. The molecule has 0 saturated carbocycles. The maximum Gasteiger partial charge on any atom is 0.143 e. The van der Waals surface area contributed by atoms with Crippen molar-refractivity contribution in [2.45, 2.75) is 12.5 Å². The Hall–Kier alpha value is -1.61. The zero-order valence-electron chi connectivity index (χ0n) is 8.93. The molecule has 1 fully saturated rings. The first kappa shape index (κ1) is 10.5. The predicted molar refractivity (Wildman–Crippen MR) is 63.2 cm³/mol. The van der Waals surface area contributed by atoms with Crippen molar-refractivity contribution in [2.75, 3.05) is 11.5 Å². The van der Waals surface area contributed by atoms with Crippen molar-refractivity contribution in [3.05, 3.63) is 23.5 Å². The highest BCUT2D eigenvalue weighted by atomic mass is 32.2. The summed E-state index contributed by atoms with van der Waals surface area (Å²) in [6.45, 7) is 0. The average Bonchev–Trinajstić information content (AvgIpc) is 2.96. The molecule has 2 aromatic rings. The number of hydrogen-bond donors (Lipinski definition) is 0. The van der Waals surface area contributed by atoms with Crippen molar-refractivity contribution in [1.29, 1.82) is 5.26 Å². The lowest BCUT2D eigenvalue weighted by Gasteiger charge is -2.09. The van der Waals surface area contributed by atoms with Crippen LogP contribution in [0.5, 0.6) is 0 Å². The zero-order valence-corrected chi connectivity index (χ0v) is 9.74. The van der Waals surface area contributed by atoms with Gasteiger partial charge in [-0.1, -0.05) is 5.21 Å². The molecular weight excluding hydrogens is 239 g/mol. The first-order valence-corrected chi connectivity index (χ1v) is 6.48. The molecule has 1 aromatic heterocycles. The maximum absolute atomic E-state index is 13.6. The lowest BCUT2D eigenvalue weighted by atomic mass is 10.1. The number of halogens is 1. The van der Waals surface area contributed by atoms with Gasteiger partial charge >= 0.3 is 0 Å². The SMILES string of the molecule is N#Cc1c(F)ccc2nnn(C3CCSC3)c12. The fraction of sp³-hybridized carbons (Fsp3) is 0.364. The zero-order chi connectivity index (χ0) is 11.8. The molecule has 4 nitrogen and oxygen atoms in total. The molecule has 0 bridgehead atoms. The van der Waals surface area contributed by atoms with Crippen LogP contribution in [0.2, 0.25) is 0 Å². The minimum atomic E-state index is -0.505. The Kier molecular flexibility index (Phi) is 2.48. The van der Waals surface area contributed by atoms with Crippen LogP contribution in [0, 0.1) is 17.1 Å². The van der Waals surface area contributed by atoms with E-state index in [1.54, 1.807) is 10.7 Å². The van der Waals surface area contributed by atoms with Crippen LogP contribution in [-0.4, -0.2) is 26.5 Å². The van der Waals surface area contributed by atoms with Gasteiger partial charge in [0.2, 0.25) is 0 Å². The third kappa shape index (κ3) is 1.58. The molecule has 1 unspecified atom stereocenters. The lowest BCUT2D eigenvalue weighted by Crippen LogP contribution is -2.10. The Balaban J connectivity index is 2.26. The summed E-state index contributed by atoms with van der Waals surface area (Å²) >= 11 is 1.84. The second kappa shape index (κ2) is 4.00. The van der Waals surface area contributed by atoms with Crippen LogP contribution < -0.4 is 0 Å². The van der Waals surface area contributed by atoms with Crippen molar-refractivity contribution in [2.24, 2.45) is 0 Å². The van der Waals surface area contributed by atoms with Crippen LogP contribution in [0.25, 0.3) is 11.0 Å². The summed E-state index contributed by atoms with van der Waals surface area (Å²) in [6, 6.07) is 4.96. The van der Waals surface area contributed by atoms with Crippen molar-refractivity contribution in [3.63, 3.8) is 0 Å². The average molecular weight is 248 g/mol. The van der Waals surface area contributed by atoms with E-state index >= 15 is 0 Å². The molecule has 0 radical (unpaired) electrons. The monoisotopic (exact) mass is 248 g/mol. The lowest BCUT2D eigenvalue weighted by molar-refractivity contribution is 0.499. The number of nitriles is 1. The molecule has 0 amide bonds. The van der Waals surface area contributed by atoms with Crippen LogP contribution >= 0.6 is 11.8 Å². The van der Waals surface area contributed by atoms with E-state index in [9.17, 15) is 4.39 Å². The molecule has 6 heteroatoms. The second-order valence-electron chi connectivity index (χ2n) is 3.95. The fourth-order valence-electron chi connectivity index (χ4n) is 2.09. The van der Waals surface area contributed by atoms with Gasteiger partial charge in [0.05, 0.1) is 6.04 Å². The van der Waals surface area contributed by atoms with E-state index < -0.39 is 5.82 Å². The van der Waals surface area contributed by atoms with Gasteiger partial charge in [-0.2, -0.15) is 17.0 Å². The summed E-state index contributed by atoms with van der Waals surface area (Å²) in [5.74, 6) is 1.51. The molecule has 1 aromatic carbocycles. The van der Waals surface area contributed by atoms with Gasteiger partial charge in [0.15, 0.2) is 0 Å². The molecule has 17 heavy (non-hydrogen) atoms. The van der Waals surface area contributed by atoms with E-state index in [1.165, 1.54) is 6.07 Å². The van der Waals surface area contributed by atoms with Crippen LogP contribution in [0.3, 0.4) is 0 Å². The van der Waals surface area contributed by atoms with E-state index in [4.69, 9.17) is 5.26 Å². The largest absolute Gasteiger partial charge is 0.239 e. The Labute approximate surface area is 101 Å². The molecule has 1 aliphatic rings. The molecule has 0 aliphatic carbocycles. The smallest absolute Gasteiger partial charge is 0.143 e. The van der Waals surface area contributed by atoms with Gasteiger partial charge in [-0.15, -0.1) is 5.10 Å². The van der Waals surface area contributed by atoms with Gasteiger partial charge in [0, 0.05) is 5.75 Å². The fourth-order valence-corrected chi connectivity index (χ4v) is 3.27. The van der Waals surface area contributed by atoms with Crippen molar-refractivity contribution in [1.82, 2.24) is 15.0 Å². The normalized spacial score (nSPS) is 19.6. The van der Waals surface area contributed by atoms with E-state index in [0.717, 1.165) is 17.9 Å². The van der Waals surface area contributed by atoms with Gasteiger partial charge in [-0.25, -0.2) is 9.07 Å². The third-order valence-corrected chi connectivity index (χ3v) is 4.09. The van der Waals surface area contributed by atoms with Crippen LogP contribution in [0.1, 0.15) is 18.0 Å². The Bertz CT molecular complexity index is 610. The van der Waals surface area contributed by atoms with E-state index in [1.807, 2.05) is 17.8 Å². The first-order chi connectivity index (χ1) is 8.31. The summed E-state index contributed by atoms with van der Waals surface area (Å²) in [5.41, 5.74) is 1.16. The highest BCUT2D eigenvalue weighted by Gasteiger charge is 2.23. The molecule has 1 atom stereocenters. The quantitative estimate of drug-likeness (QED) is 0.775. The Morgan fingerprint density at radius 1 is 1.53 bits per heavy atom. The van der Waals surface area contributed by atoms with Crippen LogP contribution in [-0.2, 0) is 0 Å². The molecule has 3 rings (SSSR count). The predicted octanol–water partition coefficient (Wildman–Crippen LogP) is 2.12. The topological polar surface area (TPSA) is 54.5 Å². The van der Waals surface area contributed by atoms with Crippen molar-refractivity contribution >= 4 is 22.8 Å². The molecular formula is C11H9FN4S. The van der Waals surface area contributed by atoms with Gasteiger partial charge in [0.25, 0.3) is 0 Å². The molecule has 86 valence electrons. The second-order valence-corrected chi connectivity index (χ2v) is 5.10. The molecule has 2 heterocycles. The highest BCUT2D eigenvalue weighted by Crippen LogP contribution is 2.31. The summed E-state index contributed by atoms with van der Waals surface area (Å²) in [7, 11) is 0. The number of aromatic nitrogens is 3. The summed E-state index contributed by atoms with van der Waals surface area (Å²) in [5, 5.41) is 17.1. The van der Waals surface area contributed by atoms with E-state index in [0.29, 0.717) is 11.0 Å². The number of nitrogens with zero attached hydrogens (tertiary/aromatic N) is 4. The van der Waals surface area contributed by atoms with E-state index in [2.05, 4.69) is 10.3 Å². The van der Waals surface area contributed by atoms with E-state index in [-0.39, 0.29) is 11.6 Å². The van der Waals surface area contributed by atoms with Gasteiger partial charge in [-0.05, 0) is 24.3 Å². The number of thioether (sulfide) groups is 1. The Morgan fingerprint density at radius 2 is 2.41 bits per heavy atom.